The highest BCUT2D eigenvalue weighted by Gasteiger charge is 2.33. The third-order valence-electron chi connectivity index (χ3n) is 3.68. The molecule has 2 heterocycles. The summed E-state index contributed by atoms with van der Waals surface area (Å²) in [7, 11) is 3.05. The molecule has 126 valence electrons. The third-order valence-corrected chi connectivity index (χ3v) is 4.95. The van der Waals surface area contributed by atoms with Gasteiger partial charge in [-0.3, -0.25) is 5.41 Å². The standard InChI is InChI=1S/C16H16ClN3O3S/c1-8-7-24-16(19-8)14-11(21)6-20(15(14)18)10-4-9(17)12(22-2)5-13(10)23-3/h4-5,7,18,21H,6H2,1-3H3. The highest BCUT2D eigenvalue weighted by molar-refractivity contribution is 7.11. The molecule has 6 nitrogen and oxygen atoms in total. The lowest BCUT2D eigenvalue weighted by molar-refractivity contribution is 0.393. The van der Waals surface area contributed by atoms with Crippen molar-refractivity contribution < 1.29 is 14.6 Å². The molecule has 2 aromatic rings. The number of aromatic nitrogens is 1. The van der Waals surface area contributed by atoms with E-state index in [-0.39, 0.29) is 18.1 Å². The van der Waals surface area contributed by atoms with Gasteiger partial charge in [-0.2, -0.15) is 0 Å². The normalized spacial score (nSPS) is 14.5. The van der Waals surface area contributed by atoms with Crippen LogP contribution >= 0.6 is 22.9 Å². The van der Waals surface area contributed by atoms with Crippen LogP contribution < -0.4 is 14.4 Å². The van der Waals surface area contributed by atoms with E-state index < -0.39 is 0 Å². The van der Waals surface area contributed by atoms with Gasteiger partial charge in [-0.05, 0) is 13.0 Å². The fourth-order valence-electron chi connectivity index (χ4n) is 2.53. The van der Waals surface area contributed by atoms with Crippen molar-refractivity contribution in [1.82, 2.24) is 4.98 Å². The molecule has 1 aromatic heterocycles. The lowest BCUT2D eigenvalue weighted by atomic mass is 10.2. The zero-order chi connectivity index (χ0) is 17.4. The number of amidine groups is 1. The molecule has 0 aliphatic carbocycles. The van der Waals surface area contributed by atoms with Gasteiger partial charge >= 0.3 is 0 Å². The van der Waals surface area contributed by atoms with Gasteiger partial charge in [0.25, 0.3) is 0 Å². The van der Waals surface area contributed by atoms with E-state index in [1.807, 2.05) is 12.3 Å². The number of nitrogens with zero attached hydrogens (tertiary/aromatic N) is 2. The molecule has 0 atom stereocenters. The lowest BCUT2D eigenvalue weighted by Crippen LogP contribution is -2.26. The van der Waals surface area contributed by atoms with Crippen molar-refractivity contribution in [2.24, 2.45) is 0 Å². The maximum atomic E-state index is 10.4. The van der Waals surface area contributed by atoms with Crippen LogP contribution in [0.5, 0.6) is 11.5 Å². The molecule has 0 bridgehead atoms. The Morgan fingerprint density at radius 1 is 1.29 bits per heavy atom. The molecule has 0 unspecified atom stereocenters. The minimum atomic E-state index is 0.100. The van der Waals surface area contributed by atoms with Gasteiger partial charge in [0.05, 0.1) is 37.0 Å². The summed E-state index contributed by atoms with van der Waals surface area (Å²) in [5.74, 6) is 1.24. The predicted octanol–water partition coefficient (Wildman–Crippen LogP) is 3.89. The Bertz CT molecular complexity index is 847. The van der Waals surface area contributed by atoms with E-state index in [0.29, 0.717) is 32.8 Å². The van der Waals surface area contributed by atoms with E-state index in [9.17, 15) is 5.11 Å². The Morgan fingerprint density at radius 3 is 2.58 bits per heavy atom. The molecule has 1 aliphatic rings. The summed E-state index contributed by atoms with van der Waals surface area (Å²) >= 11 is 7.61. The molecule has 1 aromatic carbocycles. The first kappa shape index (κ1) is 16.6. The molecule has 8 heteroatoms. The number of rotatable bonds is 4. The second-order valence-electron chi connectivity index (χ2n) is 5.21. The molecule has 0 amide bonds. The number of methoxy groups -OCH3 is 2. The zero-order valence-corrected chi connectivity index (χ0v) is 15.0. The van der Waals surface area contributed by atoms with Crippen molar-refractivity contribution in [2.45, 2.75) is 6.92 Å². The van der Waals surface area contributed by atoms with Crippen LogP contribution in [0, 0.1) is 12.3 Å². The number of nitrogens with one attached hydrogen (secondary N) is 1. The molecule has 0 saturated carbocycles. The van der Waals surface area contributed by atoms with Gasteiger partial charge in [0, 0.05) is 17.1 Å². The Labute approximate surface area is 148 Å². The first-order valence-electron chi connectivity index (χ1n) is 7.08. The monoisotopic (exact) mass is 365 g/mol. The van der Waals surface area contributed by atoms with Gasteiger partial charge in [-0.25, -0.2) is 4.98 Å². The first-order valence-corrected chi connectivity index (χ1v) is 8.34. The summed E-state index contributed by atoms with van der Waals surface area (Å²) in [4.78, 5) is 6.00. The molecular formula is C16H16ClN3O3S. The summed E-state index contributed by atoms with van der Waals surface area (Å²) in [6.45, 7) is 2.03. The highest BCUT2D eigenvalue weighted by atomic mass is 35.5. The summed E-state index contributed by atoms with van der Waals surface area (Å²) in [5.41, 5.74) is 1.87. The number of benzene rings is 1. The quantitative estimate of drug-likeness (QED) is 0.859. The summed E-state index contributed by atoms with van der Waals surface area (Å²) in [5, 5.41) is 21.7. The topological polar surface area (TPSA) is 78.7 Å². The fraction of sp³-hybridized carbons (Fsp3) is 0.250. The first-order chi connectivity index (χ1) is 11.5. The molecule has 2 N–H and O–H groups in total. The average molecular weight is 366 g/mol. The van der Waals surface area contributed by atoms with E-state index in [4.69, 9.17) is 26.5 Å². The van der Waals surface area contributed by atoms with Crippen molar-refractivity contribution in [3.05, 3.63) is 39.0 Å². The van der Waals surface area contributed by atoms with Crippen molar-refractivity contribution >= 4 is 40.0 Å². The number of halogens is 1. The summed E-state index contributed by atoms with van der Waals surface area (Å²) in [6.07, 6.45) is 0. The number of thiazole rings is 1. The molecule has 0 radical (unpaired) electrons. The number of aryl methyl sites for hydroxylation is 1. The van der Waals surface area contributed by atoms with Gasteiger partial charge in [0.1, 0.15) is 28.1 Å². The average Bonchev–Trinajstić information content (AvgIpc) is 3.10. The van der Waals surface area contributed by atoms with Crippen LogP contribution in [0.4, 0.5) is 5.69 Å². The Hall–Kier alpha value is -2.25. The number of ether oxygens (including phenoxy) is 2. The molecule has 0 saturated heterocycles. The molecule has 1 aliphatic heterocycles. The van der Waals surface area contributed by atoms with Gasteiger partial charge in [-0.15, -0.1) is 11.3 Å². The highest BCUT2D eigenvalue weighted by Crippen LogP contribution is 2.41. The summed E-state index contributed by atoms with van der Waals surface area (Å²) < 4.78 is 10.6. The number of anilines is 1. The fourth-order valence-corrected chi connectivity index (χ4v) is 3.63. The number of hydrogen-bond acceptors (Lipinski definition) is 6. The van der Waals surface area contributed by atoms with E-state index in [1.165, 1.54) is 25.6 Å². The zero-order valence-electron chi connectivity index (χ0n) is 13.4. The smallest absolute Gasteiger partial charge is 0.146 e. The van der Waals surface area contributed by atoms with Crippen molar-refractivity contribution in [3.8, 4) is 11.5 Å². The van der Waals surface area contributed by atoms with Crippen LogP contribution in [0.15, 0.2) is 23.3 Å². The van der Waals surface area contributed by atoms with Crippen molar-refractivity contribution in [3.63, 3.8) is 0 Å². The Balaban J connectivity index is 2.01. The SMILES string of the molecule is COc1cc(OC)c(N2CC(O)=C(c3nc(C)cs3)C2=N)cc1Cl. The molecular weight excluding hydrogens is 350 g/mol. The van der Waals surface area contributed by atoms with Crippen molar-refractivity contribution in [1.29, 1.82) is 5.41 Å². The van der Waals surface area contributed by atoms with Crippen LogP contribution in [-0.2, 0) is 0 Å². The molecule has 24 heavy (non-hydrogen) atoms. The van der Waals surface area contributed by atoms with Crippen LogP contribution in [0.1, 0.15) is 10.7 Å². The minimum absolute atomic E-state index is 0.100. The van der Waals surface area contributed by atoms with Gasteiger partial charge in [-0.1, -0.05) is 11.6 Å². The van der Waals surface area contributed by atoms with Crippen LogP contribution in [0.25, 0.3) is 5.57 Å². The number of aliphatic hydroxyl groups is 1. The van der Waals surface area contributed by atoms with Crippen LogP contribution in [0.3, 0.4) is 0 Å². The largest absolute Gasteiger partial charge is 0.510 e. The predicted molar refractivity (Wildman–Crippen MR) is 96.0 cm³/mol. The molecule has 0 spiro atoms. The second kappa shape index (κ2) is 6.33. The minimum Gasteiger partial charge on any atom is -0.510 e. The van der Waals surface area contributed by atoms with E-state index in [1.54, 1.807) is 17.0 Å². The van der Waals surface area contributed by atoms with Gasteiger partial charge < -0.3 is 19.5 Å². The van der Waals surface area contributed by atoms with Crippen LogP contribution in [-0.4, -0.2) is 36.7 Å². The van der Waals surface area contributed by atoms with Gasteiger partial charge in [0.2, 0.25) is 0 Å². The summed E-state index contributed by atoms with van der Waals surface area (Å²) in [6, 6.07) is 3.32. The Morgan fingerprint density at radius 2 is 2.00 bits per heavy atom. The molecule has 0 fully saturated rings. The second-order valence-corrected chi connectivity index (χ2v) is 6.47. The van der Waals surface area contributed by atoms with Gasteiger partial charge in [0.15, 0.2) is 0 Å². The molecule has 3 rings (SSSR count). The Kier molecular flexibility index (Phi) is 4.38. The number of aliphatic hydroxyl groups excluding tert-OH is 1. The number of hydrogen-bond donors (Lipinski definition) is 2. The van der Waals surface area contributed by atoms with E-state index in [2.05, 4.69) is 4.98 Å². The van der Waals surface area contributed by atoms with Crippen molar-refractivity contribution in [2.75, 3.05) is 25.7 Å². The maximum Gasteiger partial charge on any atom is 0.146 e. The van der Waals surface area contributed by atoms with E-state index >= 15 is 0 Å². The third kappa shape index (κ3) is 2.70. The lowest BCUT2D eigenvalue weighted by Gasteiger charge is -2.22. The van der Waals surface area contributed by atoms with E-state index in [0.717, 1.165) is 5.69 Å². The van der Waals surface area contributed by atoms with Crippen LogP contribution in [0.2, 0.25) is 5.02 Å². The maximum absolute atomic E-state index is 10.4.